The van der Waals surface area contributed by atoms with Crippen molar-refractivity contribution < 1.29 is 5.11 Å². The number of hydrogen-bond donors (Lipinski definition) is 3. The van der Waals surface area contributed by atoms with Crippen LogP contribution >= 0.6 is 0 Å². The Hall–Kier alpha value is -2.59. The number of aryl methyl sites for hydroxylation is 2. The van der Waals surface area contributed by atoms with Gasteiger partial charge in [0.05, 0.1) is 5.52 Å². The average Bonchev–Trinajstić information content (AvgIpc) is 2.76. The Balaban J connectivity index is 1.72. The van der Waals surface area contributed by atoms with Gasteiger partial charge in [0.2, 0.25) is 5.56 Å². The summed E-state index contributed by atoms with van der Waals surface area (Å²) in [5, 5.41) is 14.8. The molecule has 1 aromatic heterocycles. The van der Waals surface area contributed by atoms with Gasteiger partial charge in [0, 0.05) is 24.0 Å². The summed E-state index contributed by atoms with van der Waals surface area (Å²) in [7, 11) is 0. The maximum Gasteiger partial charge on any atom is 0.248 e. The second kappa shape index (κ2) is 9.94. The Morgan fingerprint density at radius 3 is 2.47 bits per heavy atom. The third kappa shape index (κ3) is 4.93. The maximum absolute atomic E-state index is 11.7. The first kappa shape index (κ1) is 22.1. The third-order valence-corrected chi connectivity index (χ3v) is 6.16. The molecule has 0 aliphatic heterocycles. The van der Waals surface area contributed by atoms with E-state index in [-0.39, 0.29) is 17.2 Å². The van der Waals surface area contributed by atoms with Crippen molar-refractivity contribution in [3.8, 4) is 5.75 Å². The average molecular weight is 407 g/mol. The molecule has 4 nitrogen and oxygen atoms in total. The molecule has 0 amide bonds. The van der Waals surface area contributed by atoms with Gasteiger partial charge in [-0.15, -0.1) is 0 Å². The van der Waals surface area contributed by atoms with Gasteiger partial charge in [-0.1, -0.05) is 52.0 Å². The van der Waals surface area contributed by atoms with Crippen molar-refractivity contribution in [2.24, 2.45) is 0 Å². The molecule has 0 fully saturated rings. The van der Waals surface area contributed by atoms with Crippen molar-refractivity contribution in [2.45, 2.75) is 65.3 Å². The third-order valence-electron chi connectivity index (χ3n) is 6.16. The van der Waals surface area contributed by atoms with E-state index in [1.807, 2.05) is 6.07 Å². The summed E-state index contributed by atoms with van der Waals surface area (Å²) in [5.41, 5.74) is 5.75. The van der Waals surface area contributed by atoms with E-state index in [9.17, 15) is 9.90 Å². The number of aromatic hydroxyl groups is 1. The summed E-state index contributed by atoms with van der Waals surface area (Å²) >= 11 is 0. The van der Waals surface area contributed by atoms with E-state index in [1.165, 1.54) is 22.8 Å². The predicted molar refractivity (Wildman–Crippen MR) is 126 cm³/mol. The van der Waals surface area contributed by atoms with Gasteiger partial charge in [0.15, 0.2) is 0 Å². The number of benzene rings is 2. The zero-order valence-electron chi connectivity index (χ0n) is 18.6. The van der Waals surface area contributed by atoms with Gasteiger partial charge in [-0.3, -0.25) is 4.79 Å². The second-order valence-corrected chi connectivity index (χ2v) is 8.21. The first-order valence-corrected chi connectivity index (χ1v) is 11.2. The van der Waals surface area contributed by atoms with Gasteiger partial charge >= 0.3 is 0 Å². The summed E-state index contributed by atoms with van der Waals surface area (Å²) in [4.78, 5) is 14.4. The largest absolute Gasteiger partial charge is 0.506 e. The normalized spacial score (nSPS) is 13.5. The number of fused-ring (bicyclic) bond motifs is 1. The number of aromatic amines is 1. The molecule has 1 heterocycles. The van der Waals surface area contributed by atoms with Gasteiger partial charge in [-0.2, -0.15) is 0 Å². The van der Waals surface area contributed by atoms with E-state index in [2.05, 4.69) is 56.2 Å². The number of phenols is 1. The smallest absolute Gasteiger partial charge is 0.248 e. The Labute approximate surface area is 179 Å². The molecule has 0 spiro atoms. The van der Waals surface area contributed by atoms with E-state index in [0.717, 1.165) is 43.2 Å². The number of rotatable bonds is 9. The van der Waals surface area contributed by atoms with Crippen LogP contribution in [0.2, 0.25) is 0 Å². The fraction of sp³-hybridized carbons (Fsp3) is 0.423. The molecule has 4 heteroatoms. The first-order valence-electron chi connectivity index (χ1n) is 11.2. The molecule has 0 saturated carbocycles. The van der Waals surface area contributed by atoms with Gasteiger partial charge in [-0.05, 0) is 66.0 Å². The monoisotopic (exact) mass is 406 g/mol. The highest BCUT2D eigenvalue weighted by Crippen LogP contribution is 2.29. The van der Waals surface area contributed by atoms with Crippen LogP contribution in [-0.4, -0.2) is 22.7 Å². The predicted octanol–water partition coefficient (Wildman–Crippen LogP) is 5.07. The fourth-order valence-corrected chi connectivity index (χ4v) is 4.27. The molecule has 3 aromatic rings. The molecule has 0 aliphatic carbocycles. The van der Waals surface area contributed by atoms with Crippen LogP contribution in [0.25, 0.3) is 10.9 Å². The molecular formula is C26H34N2O2. The Bertz CT molecular complexity index is 1050. The lowest BCUT2D eigenvalue weighted by Gasteiger charge is -2.22. The van der Waals surface area contributed by atoms with Gasteiger partial charge in [0.1, 0.15) is 5.75 Å². The summed E-state index contributed by atoms with van der Waals surface area (Å²) in [5.74, 6) is 0.363. The Morgan fingerprint density at radius 1 is 1.00 bits per heavy atom. The molecule has 0 saturated heterocycles. The lowest BCUT2D eigenvalue weighted by Crippen LogP contribution is -2.33. The van der Waals surface area contributed by atoms with Crippen molar-refractivity contribution in [3.63, 3.8) is 0 Å². The number of nitrogens with one attached hydrogen (secondary N) is 2. The van der Waals surface area contributed by atoms with Crippen molar-refractivity contribution in [1.82, 2.24) is 10.3 Å². The zero-order valence-corrected chi connectivity index (χ0v) is 18.6. The number of phenolic OH excluding ortho intramolecular Hbond substituents is 1. The quantitative estimate of drug-likeness (QED) is 0.465. The van der Waals surface area contributed by atoms with E-state index in [4.69, 9.17) is 0 Å². The van der Waals surface area contributed by atoms with Crippen molar-refractivity contribution in [2.75, 3.05) is 6.54 Å². The molecule has 30 heavy (non-hydrogen) atoms. The van der Waals surface area contributed by atoms with Crippen molar-refractivity contribution in [3.05, 3.63) is 75.1 Å². The lowest BCUT2D eigenvalue weighted by atomic mass is 9.94. The van der Waals surface area contributed by atoms with Crippen LogP contribution < -0.4 is 10.9 Å². The van der Waals surface area contributed by atoms with Crippen LogP contribution in [0.3, 0.4) is 0 Å². The molecule has 2 aromatic carbocycles. The van der Waals surface area contributed by atoms with Crippen LogP contribution in [0.1, 0.15) is 62.3 Å². The number of pyridine rings is 1. The summed E-state index contributed by atoms with van der Waals surface area (Å²) < 4.78 is 0. The molecule has 3 rings (SSSR count). The molecule has 2 atom stereocenters. The maximum atomic E-state index is 11.7. The SMILES string of the molecule is CCc1ccc(CC(CC)NC[C@H](C)c2ccc(O)c3[nH]c(=O)ccc23)cc1CC. The van der Waals surface area contributed by atoms with Crippen LogP contribution in [-0.2, 0) is 19.3 Å². The Kier molecular flexibility index (Phi) is 7.33. The lowest BCUT2D eigenvalue weighted by molar-refractivity contribution is 0.473. The molecule has 0 radical (unpaired) electrons. The van der Waals surface area contributed by atoms with Gasteiger partial charge in [0.25, 0.3) is 0 Å². The van der Waals surface area contributed by atoms with Crippen LogP contribution in [0.15, 0.2) is 47.3 Å². The number of hydrogen-bond acceptors (Lipinski definition) is 3. The topological polar surface area (TPSA) is 65.1 Å². The molecule has 3 N–H and O–H groups in total. The molecule has 0 bridgehead atoms. The van der Waals surface area contributed by atoms with Crippen molar-refractivity contribution in [1.29, 1.82) is 0 Å². The van der Waals surface area contributed by atoms with Gasteiger partial charge in [-0.25, -0.2) is 0 Å². The van der Waals surface area contributed by atoms with E-state index < -0.39 is 0 Å². The molecular weight excluding hydrogens is 372 g/mol. The zero-order chi connectivity index (χ0) is 21.7. The number of aromatic nitrogens is 1. The van der Waals surface area contributed by atoms with E-state index in [0.29, 0.717) is 11.6 Å². The summed E-state index contributed by atoms with van der Waals surface area (Å²) in [6.45, 7) is 9.69. The molecule has 160 valence electrons. The van der Waals surface area contributed by atoms with E-state index in [1.54, 1.807) is 12.1 Å². The summed E-state index contributed by atoms with van der Waals surface area (Å²) in [6.07, 6.45) is 4.24. The minimum atomic E-state index is -0.202. The highest BCUT2D eigenvalue weighted by Gasteiger charge is 2.15. The first-order chi connectivity index (χ1) is 14.5. The highest BCUT2D eigenvalue weighted by atomic mass is 16.3. The highest BCUT2D eigenvalue weighted by molar-refractivity contribution is 5.87. The standard InChI is InChI=1S/C26H34N2O2/c1-5-19-9-8-18(14-20(19)6-2)15-21(7-3)27-16-17(4)22-10-12-24(29)26-23(22)11-13-25(30)28-26/h8-14,17,21,27,29H,5-7,15-16H2,1-4H3,(H,28,30)/t17-,21?/m0/s1. The van der Waals surface area contributed by atoms with Crippen LogP contribution in [0, 0.1) is 0 Å². The molecule has 1 unspecified atom stereocenters. The van der Waals surface area contributed by atoms with Gasteiger partial charge < -0.3 is 15.4 Å². The van der Waals surface area contributed by atoms with Crippen LogP contribution in [0.5, 0.6) is 5.75 Å². The fourth-order valence-electron chi connectivity index (χ4n) is 4.27. The number of H-pyrrole nitrogens is 1. The molecule has 0 aliphatic rings. The van der Waals surface area contributed by atoms with Crippen molar-refractivity contribution >= 4 is 10.9 Å². The van der Waals surface area contributed by atoms with E-state index >= 15 is 0 Å². The minimum Gasteiger partial charge on any atom is -0.506 e. The second-order valence-electron chi connectivity index (χ2n) is 8.21. The van der Waals surface area contributed by atoms with Crippen LogP contribution in [0.4, 0.5) is 0 Å². The minimum absolute atomic E-state index is 0.111. The Morgan fingerprint density at radius 2 is 1.77 bits per heavy atom. The summed E-state index contributed by atoms with van der Waals surface area (Å²) in [6, 6.07) is 14.3.